The van der Waals surface area contributed by atoms with Crippen LogP contribution in [-0.4, -0.2) is 19.6 Å². The number of amides is 2. The lowest BCUT2D eigenvalue weighted by atomic mass is 10.1. The summed E-state index contributed by atoms with van der Waals surface area (Å²) in [4.78, 5) is 14.1. The smallest absolute Gasteiger partial charge is 0.319 e. The van der Waals surface area contributed by atoms with Crippen molar-refractivity contribution in [3.63, 3.8) is 0 Å². The molecule has 21 heavy (non-hydrogen) atoms. The minimum atomic E-state index is -0.181. The molecule has 2 aromatic rings. The van der Waals surface area contributed by atoms with Crippen LogP contribution in [0.4, 0.5) is 16.2 Å². The molecule has 0 spiro atoms. The maximum atomic E-state index is 11.9. The van der Waals surface area contributed by atoms with Crippen molar-refractivity contribution in [2.75, 3.05) is 23.8 Å². The highest BCUT2D eigenvalue weighted by molar-refractivity contribution is 5.90. The van der Waals surface area contributed by atoms with Crippen LogP contribution in [0.15, 0.2) is 48.5 Å². The van der Waals surface area contributed by atoms with E-state index in [4.69, 9.17) is 0 Å². The molecule has 1 aliphatic rings. The van der Waals surface area contributed by atoms with Crippen LogP contribution >= 0.6 is 0 Å². The van der Waals surface area contributed by atoms with Crippen LogP contribution in [0.1, 0.15) is 11.1 Å². The largest absolute Gasteiger partial charge is 0.374 e. The minimum absolute atomic E-state index is 0.181. The van der Waals surface area contributed by atoms with Gasteiger partial charge in [-0.3, -0.25) is 0 Å². The van der Waals surface area contributed by atoms with E-state index in [0.29, 0.717) is 6.54 Å². The third kappa shape index (κ3) is 3.16. The molecule has 2 N–H and O–H groups in total. The Balaban J connectivity index is 1.59. The van der Waals surface area contributed by atoms with Crippen LogP contribution in [0.2, 0.25) is 0 Å². The molecule has 0 fully saturated rings. The quantitative estimate of drug-likeness (QED) is 0.908. The Hall–Kier alpha value is -2.49. The fraction of sp³-hybridized carbons (Fsp3) is 0.235. The van der Waals surface area contributed by atoms with Gasteiger partial charge >= 0.3 is 6.03 Å². The number of carbonyl (C=O) groups is 1. The predicted octanol–water partition coefficient (Wildman–Crippen LogP) is 3.00. The first-order valence-electron chi connectivity index (χ1n) is 7.15. The molecule has 4 nitrogen and oxygen atoms in total. The molecule has 0 atom stereocenters. The van der Waals surface area contributed by atoms with Gasteiger partial charge in [0.25, 0.3) is 0 Å². The molecule has 108 valence electrons. The Morgan fingerprint density at radius 3 is 2.81 bits per heavy atom. The summed E-state index contributed by atoms with van der Waals surface area (Å²) in [5.41, 5.74) is 4.46. The number of benzene rings is 2. The zero-order valence-corrected chi connectivity index (χ0v) is 12.1. The average molecular weight is 281 g/mol. The average Bonchev–Trinajstić information content (AvgIpc) is 2.87. The number of nitrogens with one attached hydrogen (secondary N) is 2. The Labute approximate surface area is 124 Å². The lowest BCUT2D eigenvalue weighted by Crippen LogP contribution is -2.28. The van der Waals surface area contributed by atoms with Gasteiger partial charge in [-0.05, 0) is 29.7 Å². The Kier molecular flexibility index (Phi) is 3.77. The SMILES string of the molecule is CN1CCc2ccc(NC(=O)NCc3ccccc3)cc21. The van der Waals surface area contributed by atoms with Crippen LogP contribution < -0.4 is 15.5 Å². The maximum absolute atomic E-state index is 11.9. The number of hydrogen-bond acceptors (Lipinski definition) is 2. The van der Waals surface area contributed by atoms with E-state index >= 15 is 0 Å². The molecule has 0 saturated carbocycles. The highest BCUT2D eigenvalue weighted by atomic mass is 16.2. The number of anilines is 2. The summed E-state index contributed by atoms with van der Waals surface area (Å²) in [6.45, 7) is 1.57. The van der Waals surface area contributed by atoms with E-state index in [1.54, 1.807) is 0 Å². The zero-order valence-electron chi connectivity index (χ0n) is 12.1. The van der Waals surface area contributed by atoms with Crippen molar-refractivity contribution >= 4 is 17.4 Å². The van der Waals surface area contributed by atoms with Gasteiger partial charge in [0.1, 0.15) is 0 Å². The second-order valence-corrected chi connectivity index (χ2v) is 5.31. The van der Waals surface area contributed by atoms with Crippen molar-refractivity contribution < 1.29 is 4.79 Å². The fourth-order valence-corrected chi connectivity index (χ4v) is 2.57. The molecule has 1 aliphatic heterocycles. The normalized spacial score (nSPS) is 12.9. The third-order valence-corrected chi connectivity index (χ3v) is 3.77. The van der Waals surface area contributed by atoms with Crippen molar-refractivity contribution in [3.05, 3.63) is 59.7 Å². The molecule has 0 bridgehead atoms. The van der Waals surface area contributed by atoms with E-state index in [0.717, 1.165) is 24.2 Å². The number of urea groups is 1. The second-order valence-electron chi connectivity index (χ2n) is 5.31. The molecule has 4 heteroatoms. The summed E-state index contributed by atoms with van der Waals surface area (Å²) in [5, 5.41) is 5.75. The highest BCUT2D eigenvalue weighted by Crippen LogP contribution is 2.29. The van der Waals surface area contributed by atoms with Crippen molar-refractivity contribution in [2.45, 2.75) is 13.0 Å². The van der Waals surface area contributed by atoms with Crippen LogP contribution in [0.5, 0.6) is 0 Å². The van der Waals surface area contributed by atoms with E-state index in [2.05, 4.69) is 28.6 Å². The lowest BCUT2D eigenvalue weighted by molar-refractivity contribution is 0.251. The van der Waals surface area contributed by atoms with E-state index in [-0.39, 0.29) is 6.03 Å². The molecule has 3 rings (SSSR count). The summed E-state index contributed by atoms with van der Waals surface area (Å²) < 4.78 is 0. The highest BCUT2D eigenvalue weighted by Gasteiger charge is 2.16. The monoisotopic (exact) mass is 281 g/mol. The molecular weight excluding hydrogens is 262 g/mol. The standard InChI is InChI=1S/C17H19N3O/c1-20-10-9-14-7-8-15(11-16(14)20)19-17(21)18-12-13-5-3-2-4-6-13/h2-8,11H,9-10,12H2,1H3,(H2,18,19,21). The van der Waals surface area contributed by atoms with Gasteiger partial charge < -0.3 is 15.5 Å². The van der Waals surface area contributed by atoms with Gasteiger partial charge in [-0.25, -0.2) is 4.79 Å². The van der Waals surface area contributed by atoms with Gasteiger partial charge in [-0.15, -0.1) is 0 Å². The van der Waals surface area contributed by atoms with Crippen molar-refractivity contribution in [2.24, 2.45) is 0 Å². The number of hydrogen-bond donors (Lipinski definition) is 2. The van der Waals surface area contributed by atoms with Gasteiger partial charge in [0.15, 0.2) is 0 Å². The number of nitrogens with zero attached hydrogens (tertiary/aromatic N) is 1. The topological polar surface area (TPSA) is 44.4 Å². The first kappa shape index (κ1) is 13.5. The van der Waals surface area contributed by atoms with E-state index < -0.39 is 0 Å². The van der Waals surface area contributed by atoms with Crippen molar-refractivity contribution in [1.82, 2.24) is 5.32 Å². The lowest BCUT2D eigenvalue weighted by Gasteiger charge is -2.14. The molecule has 0 aromatic heterocycles. The van der Waals surface area contributed by atoms with Gasteiger partial charge in [0, 0.05) is 31.5 Å². The molecular formula is C17H19N3O. The predicted molar refractivity (Wildman–Crippen MR) is 85.7 cm³/mol. The Morgan fingerprint density at radius 1 is 1.19 bits per heavy atom. The summed E-state index contributed by atoms with van der Waals surface area (Å²) in [6, 6.07) is 15.8. The summed E-state index contributed by atoms with van der Waals surface area (Å²) in [6.07, 6.45) is 1.08. The van der Waals surface area contributed by atoms with Crippen LogP contribution in [-0.2, 0) is 13.0 Å². The second kappa shape index (κ2) is 5.87. The first-order chi connectivity index (χ1) is 10.2. The van der Waals surface area contributed by atoms with E-state index in [1.165, 1.54) is 11.3 Å². The number of rotatable bonds is 3. The van der Waals surface area contributed by atoms with Crippen LogP contribution in [0, 0.1) is 0 Å². The van der Waals surface area contributed by atoms with Crippen molar-refractivity contribution in [3.8, 4) is 0 Å². The number of fused-ring (bicyclic) bond motifs is 1. The van der Waals surface area contributed by atoms with E-state index in [1.807, 2.05) is 42.5 Å². The molecule has 2 aromatic carbocycles. The Bertz CT molecular complexity index is 640. The molecule has 0 unspecified atom stereocenters. The minimum Gasteiger partial charge on any atom is -0.374 e. The molecule has 0 radical (unpaired) electrons. The fourth-order valence-electron chi connectivity index (χ4n) is 2.57. The maximum Gasteiger partial charge on any atom is 0.319 e. The van der Waals surface area contributed by atoms with Gasteiger partial charge in [0.2, 0.25) is 0 Å². The molecule has 2 amide bonds. The van der Waals surface area contributed by atoms with Gasteiger partial charge in [-0.1, -0.05) is 36.4 Å². The third-order valence-electron chi connectivity index (χ3n) is 3.77. The summed E-state index contributed by atoms with van der Waals surface area (Å²) in [5.74, 6) is 0. The number of carbonyl (C=O) groups excluding carboxylic acids is 1. The van der Waals surface area contributed by atoms with Gasteiger partial charge in [0.05, 0.1) is 0 Å². The summed E-state index contributed by atoms with van der Waals surface area (Å²) >= 11 is 0. The Morgan fingerprint density at radius 2 is 2.00 bits per heavy atom. The van der Waals surface area contributed by atoms with Crippen molar-refractivity contribution in [1.29, 1.82) is 0 Å². The summed E-state index contributed by atoms with van der Waals surface area (Å²) in [7, 11) is 2.07. The molecule has 0 saturated heterocycles. The van der Waals surface area contributed by atoms with Crippen LogP contribution in [0.3, 0.4) is 0 Å². The number of likely N-dealkylation sites (N-methyl/N-ethyl adjacent to an activating group) is 1. The van der Waals surface area contributed by atoms with Crippen LogP contribution in [0.25, 0.3) is 0 Å². The first-order valence-corrected chi connectivity index (χ1v) is 7.15. The molecule has 0 aliphatic carbocycles. The van der Waals surface area contributed by atoms with Gasteiger partial charge in [-0.2, -0.15) is 0 Å². The van der Waals surface area contributed by atoms with E-state index in [9.17, 15) is 4.79 Å². The zero-order chi connectivity index (χ0) is 14.7. The molecule has 1 heterocycles.